The van der Waals surface area contributed by atoms with Gasteiger partial charge in [0.15, 0.2) is 37.2 Å². The predicted molar refractivity (Wildman–Crippen MR) is 276 cm³/mol. The first-order valence-corrected chi connectivity index (χ1v) is 30.3. The van der Waals surface area contributed by atoms with Gasteiger partial charge in [-0.2, -0.15) is 0 Å². The van der Waals surface area contributed by atoms with Crippen molar-refractivity contribution in [3.63, 3.8) is 0 Å². The molecule has 4 saturated carbocycles. The molecule has 28 heteroatoms. The summed E-state index contributed by atoms with van der Waals surface area (Å²) in [6.07, 6.45) is -38.0. The van der Waals surface area contributed by atoms with Crippen molar-refractivity contribution in [3.05, 3.63) is 0 Å². The first kappa shape index (κ1) is 64.4. The Morgan fingerprint density at radius 1 is 0.429 bits per heavy atom. The third-order valence-electron chi connectivity index (χ3n) is 22.1. The fourth-order valence-electron chi connectivity index (χ4n) is 17.4. The molecule has 28 nitrogen and oxygen atoms in total. The Balaban J connectivity index is 0.779. The molecule has 0 aromatic heterocycles. The van der Waals surface area contributed by atoms with Crippen LogP contribution in [0.5, 0.6) is 0 Å². The minimum atomic E-state index is -2.20. The van der Waals surface area contributed by atoms with Crippen LogP contribution in [0.4, 0.5) is 0 Å². The van der Waals surface area contributed by atoms with Gasteiger partial charge in [-0.1, -0.05) is 27.7 Å². The molecule has 37 atom stereocenters. The number of hydrogen-bond donors (Lipinski definition) is 16. The first-order valence-electron chi connectivity index (χ1n) is 30.3. The quantitative estimate of drug-likeness (QED) is 0.0722. The summed E-state index contributed by atoms with van der Waals surface area (Å²) < 4.78 is 73.1. The van der Waals surface area contributed by atoms with Gasteiger partial charge in [-0.05, 0) is 97.7 Å². The molecule has 484 valence electrons. The van der Waals surface area contributed by atoms with E-state index in [9.17, 15) is 81.7 Å². The summed E-state index contributed by atoms with van der Waals surface area (Å²) in [4.78, 5) is 0. The molecule has 0 radical (unpaired) electrons. The van der Waals surface area contributed by atoms with Crippen LogP contribution in [0.3, 0.4) is 0 Å². The zero-order valence-corrected chi connectivity index (χ0v) is 47.8. The van der Waals surface area contributed by atoms with E-state index in [2.05, 4.69) is 27.7 Å². The molecule has 0 amide bonds. The van der Waals surface area contributed by atoms with E-state index in [-0.39, 0.29) is 28.8 Å². The maximum Gasteiger partial charge on any atom is 0.187 e. The molecule has 4 aliphatic carbocycles. The second kappa shape index (κ2) is 25.2. The van der Waals surface area contributed by atoms with Crippen LogP contribution in [0.1, 0.15) is 85.5 Å². The van der Waals surface area contributed by atoms with Crippen LogP contribution in [-0.2, 0) is 56.8 Å². The van der Waals surface area contributed by atoms with Crippen LogP contribution in [0.25, 0.3) is 0 Å². The molecule has 11 rings (SSSR count). The molecule has 11 aliphatic rings. The molecule has 7 heterocycles. The van der Waals surface area contributed by atoms with E-state index < -0.39 is 198 Å². The second-order valence-electron chi connectivity index (χ2n) is 26.8. The van der Waals surface area contributed by atoms with Gasteiger partial charge in [-0.3, -0.25) is 0 Å². The Labute approximate surface area is 486 Å². The Kier molecular flexibility index (Phi) is 19.3. The number of aliphatic hydroxyl groups is 16. The topological polar surface area (TPSA) is 434 Å². The fraction of sp³-hybridized carbons (Fsp3) is 1.00. The van der Waals surface area contributed by atoms with Crippen molar-refractivity contribution in [1.82, 2.24) is 0 Å². The lowest BCUT2D eigenvalue weighted by molar-refractivity contribution is -0.409. The normalized spacial score (nSPS) is 57.7. The van der Waals surface area contributed by atoms with Crippen molar-refractivity contribution in [2.45, 2.75) is 257 Å². The maximum atomic E-state index is 12.2. The van der Waals surface area contributed by atoms with Gasteiger partial charge >= 0.3 is 0 Å². The van der Waals surface area contributed by atoms with Gasteiger partial charge in [0, 0.05) is 12.3 Å². The van der Waals surface area contributed by atoms with E-state index in [1.165, 1.54) is 0 Å². The predicted octanol–water partition coefficient (Wildman–Crippen LogP) is -5.48. The molecule has 0 bridgehead atoms. The minimum absolute atomic E-state index is 0.0483. The summed E-state index contributed by atoms with van der Waals surface area (Å²) in [7, 11) is 0. The third kappa shape index (κ3) is 11.2. The molecule has 1 spiro atoms. The highest BCUT2D eigenvalue weighted by Crippen LogP contribution is 2.71. The van der Waals surface area contributed by atoms with E-state index in [1.54, 1.807) is 0 Å². The van der Waals surface area contributed by atoms with Gasteiger partial charge < -0.3 is 139 Å². The molecule has 0 aromatic carbocycles. The summed E-state index contributed by atoms with van der Waals surface area (Å²) in [5, 5.41) is 175. The van der Waals surface area contributed by atoms with Crippen LogP contribution >= 0.6 is 0 Å². The van der Waals surface area contributed by atoms with Crippen LogP contribution in [0.2, 0.25) is 0 Å². The summed E-state index contributed by atoms with van der Waals surface area (Å²) >= 11 is 0. The summed E-state index contributed by atoms with van der Waals surface area (Å²) in [6, 6.07) is 0. The monoisotopic (exact) mass is 1210 g/mol. The Hall–Kier alpha value is -1.12. The first-order chi connectivity index (χ1) is 39.9. The van der Waals surface area contributed by atoms with E-state index in [4.69, 9.17) is 56.8 Å². The Morgan fingerprint density at radius 2 is 0.964 bits per heavy atom. The average Bonchev–Trinajstić information content (AvgIpc) is 1.54. The summed E-state index contributed by atoms with van der Waals surface area (Å²) in [5.41, 5.74) is -0.176. The molecular weight excluding hydrogens is 1120 g/mol. The van der Waals surface area contributed by atoms with Gasteiger partial charge in [-0.25, -0.2) is 0 Å². The van der Waals surface area contributed by atoms with Crippen molar-refractivity contribution in [2.24, 2.45) is 52.3 Å². The standard InChI is InChI=1S/C56H92O28/c1-20-5-10-56(74-18-20)21(2)34-29(84-56)13-25-23-12-27(61)26-11-22(6-8-54(26,3)24(23)7-9-55(25,34)4)75-50-43(71)39(67)46(33(17-60)78-50)81-53-48(47(37(65)31(15-58)77-53)82-49-41(69)35(63)28(62)19-73-49)83-52-44(72)40(68)45(32(16-59)79-52)80-51-42(70)38(66)36(64)30(14-57)76-51/h20-53,57-72H,5-19H2,1-4H3/t20?,21-,22-,23?,24?,25?,26+,27+,28+,29-,30+,31+,32+,33+,34-,35-,36+,37+,38-,39+,40+,41+,42+,43+,44+,45+,46-,47-,48+,49-,50+,51-,52-,53-,54+,55-,56+/m0/s1. The average molecular weight is 1210 g/mol. The molecule has 84 heavy (non-hydrogen) atoms. The molecule has 7 saturated heterocycles. The van der Waals surface area contributed by atoms with Gasteiger partial charge in [0.05, 0.1) is 58.0 Å². The number of hydrogen-bond acceptors (Lipinski definition) is 28. The third-order valence-corrected chi connectivity index (χ3v) is 22.1. The van der Waals surface area contributed by atoms with Crippen molar-refractivity contribution < 1.29 is 139 Å². The van der Waals surface area contributed by atoms with Crippen LogP contribution < -0.4 is 0 Å². The van der Waals surface area contributed by atoms with E-state index in [0.29, 0.717) is 61.9 Å². The maximum absolute atomic E-state index is 12.2. The van der Waals surface area contributed by atoms with Gasteiger partial charge in [0.25, 0.3) is 0 Å². The van der Waals surface area contributed by atoms with Crippen molar-refractivity contribution in [3.8, 4) is 0 Å². The molecular formula is C56H92O28. The van der Waals surface area contributed by atoms with Crippen molar-refractivity contribution >= 4 is 0 Å². The second-order valence-corrected chi connectivity index (χ2v) is 26.8. The number of aliphatic hydroxyl groups excluding tert-OH is 16. The van der Waals surface area contributed by atoms with Gasteiger partial charge in [-0.15, -0.1) is 0 Å². The molecule has 4 unspecified atom stereocenters. The highest BCUT2D eigenvalue weighted by Gasteiger charge is 2.70. The minimum Gasteiger partial charge on any atom is -0.394 e. The van der Waals surface area contributed by atoms with Crippen molar-refractivity contribution in [1.29, 1.82) is 0 Å². The van der Waals surface area contributed by atoms with Crippen LogP contribution in [0.15, 0.2) is 0 Å². The zero-order chi connectivity index (χ0) is 60.2. The summed E-state index contributed by atoms with van der Waals surface area (Å²) in [6.45, 7) is 5.76. The fourth-order valence-corrected chi connectivity index (χ4v) is 17.4. The van der Waals surface area contributed by atoms with Crippen molar-refractivity contribution in [2.75, 3.05) is 39.6 Å². The number of fused-ring (bicyclic) bond motifs is 7. The van der Waals surface area contributed by atoms with Crippen LogP contribution in [0, 0.1) is 52.3 Å². The zero-order valence-electron chi connectivity index (χ0n) is 47.8. The largest absolute Gasteiger partial charge is 0.394 e. The summed E-state index contributed by atoms with van der Waals surface area (Å²) in [5.74, 6) is 1.50. The molecule has 11 fully saturated rings. The highest BCUT2D eigenvalue weighted by molar-refractivity contribution is 5.17. The van der Waals surface area contributed by atoms with E-state index in [1.807, 2.05) is 0 Å². The number of ether oxygens (including phenoxy) is 12. The Bertz CT molecular complexity index is 2180. The SMILES string of the molecule is CC1CC[C@@]2(OC1)O[C@H]1CC3C4C[C@@H](O)[C@H]5C[C@@H](O[C@@H]6O[C@H](CO)[C@H](O[C@@H]7O[C@H](CO)[C@@H](O)[C@H](O[C@@H]8OC[C@@H](O)[C@H](O)[C@H]8O)[C@H]7O[C@@H]7O[C@H](CO)[C@@H](O[C@@H]8O[C@H](CO)[C@@H](O)[C@H](O)[C@H]8O)[C@H](O)[C@H]7O)[C@H](O)[C@H]6O)CC[C@]5(C)C4CC[C@]3(C)[C@H]1[C@@H]2C. The smallest absolute Gasteiger partial charge is 0.187 e. The molecule has 7 aliphatic heterocycles. The Morgan fingerprint density at radius 3 is 1.58 bits per heavy atom. The molecule has 0 aromatic rings. The van der Waals surface area contributed by atoms with Gasteiger partial charge in [0.2, 0.25) is 0 Å². The highest BCUT2D eigenvalue weighted by atomic mass is 16.8. The number of rotatable bonds is 14. The lowest BCUT2D eigenvalue weighted by Gasteiger charge is -2.62. The van der Waals surface area contributed by atoms with Gasteiger partial charge in [0.1, 0.15) is 116 Å². The lowest BCUT2D eigenvalue weighted by Crippen LogP contribution is -2.69. The molecule has 16 N–H and O–H groups in total. The lowest BCUT2D eigenvalue weighted by atomic mass is 9.43. The van der Waals surface area contributed by atoms with E-state index in [0.717, 1.165) is 32.1 Å². The van der Waals surface area contributed by atoms with Crippen LogP contribution in [-0.4, -0.2) is 293 Å². The van der Waals surface area contributed by atoms with E-state index >= 15 is 0 Å².